The summed E-state index contributed by atoms with van der Waals surface area (Å²) < 4.78 is 7.01. The maximum absolute atomic E-state index is 12.1. The van der Waals surface area contributed by atoms with Crippen LogP contribution in [0.5, 0.6) is 0 Å². The molecule has 25 heavy (non-hydrogen) atoms. The summed E-state index contributed by atoms with van der Waals surface area (Å²) in [4.78, 5) is 21.1. The number of aromatic amines is 1. The van der Waals surface area contributed by atoms with Gasteiger partial charge in [-0.3, -0.25) is 14.7 Å². The predicted molar refractivity (Wildman–Crippen MR) is 98.9 cm³/mol. The van der Waals surface area contributed by atoms with Crippen molar-refractivity contribution in [2.24, 2.45) is 0 Å². The second kappa shape index (κ2) is 6.50. The molecule has 1 aromatic carbocycles. The smallest absolute Gasteiger partial charge is 0.257 e. The number of nitrogens with zero attached hydrogens (tertiary/aromatic N) is 2. The lowest BCUT2D eigenvalue weighted by molar-refractivity contribution is 0.223. The van der Waals surface area contributed by atoms with Crippen LogP contribution in [0, 0.1) is 0 Å². The van der Waals surface area contributed by atoms with Crippen molar-refractivity contribution in [3.8, 4) is 11.3 Å². The Bertz CT molecular complexity index is 962. The van der Waals surface area contributed by atoms with Gasteiger partial charge >= 0.3 is 0 Å². The highest BCUT2D eigenvalue weighted by Gasteiger charge is 2.21. The molecule has 4 rings (SSSR count). The largest absolute Gasteiger partial charge is 0.460 e. The molecule has 0 radical (unpaired) electrons. The van der Waals surface area contributed by atoms with Crippen LogP contribution in [0.2, 0.25) is 0 Å². The van der Waals surface area contributed by atoms with Crippen LogP contribution in [-0.2, 0) is 19.5 Å². The lowest BCUT2D eigenvalue weighted by Crippen LogP contribution is -2.35. The number of nitrogens with two attached hydrogens (primary N) is 1. The summed E-state index contributed by atoms with van der Waals surface area (Å²) in [6.07, 6.45) is 0.712. The number of hydrogen-bond donors (Lipinski definition) is 2. The number of halogens is 1. The van der Waals surface area contributed by atoms with Gasteiger partial charge in [-0.15, -0.1) is 0 Å². The molecule has 0 unspecified atom stereocenters. The van der Waals surface area contributed by atoms with Gasteiger partial charge in [0, 0.05) is 29.5 Å². The third-order valence-corrected chi connectivity index (χ3v) is 4.86. The van der Waals surface area contributed by atoms with Crippen molar-refractivity contribution in [1.29, 1.82) is 0 Å². The topological polar surface area (TPSA) is 88.1 Å². The molecule has 7 heteroatoms. The van der Waals surface area contributed by atoms with Gasteiger partial charge in [0.05, 0.1) is 17.8 Å². The third-order valence-electron chi connectivity index (χ3n) is 4.34. The highest BCUT2D eigenvalue weighted by atomic mass is 79.9. The Labute approximate surface area is 152 Å². The number of fused-ring (bicyclic) bond motifs is 1. The van der Waals surface area contributed by atoms with Crippen molar-refractivity contribution in [3.63, 3.8) is 0 Å². The average Bonchev–Trinajstić information content (AvgIpc) is 3.04. The van der Waals surface area contributed by atoms with Gasteiger partial charge < -0.3 is 10.2 Å². The SMILES string of the molecule is Nc1nc2c(c(=O)[nH]1)CN(Cc1ccc(-c3ccc(Br)cc3)o1)CC2. The first kappa shape index (κ1) is 16.1. The maximum atomic E-state index is 12.1. The highest BCUT2D eigenvalue weighted by molar-refractivity contribution is 9.10. The van der Waals surface area contributed by atoms with E-state index in [1.165, 1.54) is 0 Å². The molecule has 1 aliphatic rings. The number of rotatable bonds is 3. The van der Waals surface area contributed by atoms with Crippen LogP contribution in [-0.4, -0.2) is 21.4 Å². The van der Waals surface area contributed by atoms with Gasteiger partial charge in [-0.1, -0.05) is 28.1 Å². The Hall–Kier alpha value is -2.38. The molecule has 0 aliphatic carbocycles. The molecule has 0 fully saturated rings. The van der Waals surface area contributed by atoms with Gasteiger partial charge in [0.25, 0.3) is 5.56 Å². The van der Waals surface area contributed by atoms with Crippen molar-refractivity contribution in [3.05, 3.63) is 68.2 Å². The average molecular weight is 401 g/mol. The summed E-state index contributed by atoms with van der Waals surface area (Å²) in [5.74, 6) is 1.90. The first-order valence-electron chi connectivity index (χ1n) is 8.03. The summed E-state index contributed by atoms with van der Waals surface area (Å²) in [6.45, 7) is 2.02. The zero-order valence-electron chi connectivity index (χ0n) is 13.5. The molecule has 3 heterocycles. The Morgan fingerprint density at radius 1 is 1.24 bits per heavy atom. The van der Waals surface area contributed by atoms with Crippen molar-refractivity contribution in [2.45, 2.75) is 19.5 Å². The minimum absolute atomic E-state index is 0.151. The Balaban J connectivity index is 1.50. The van der Waals surface area contributed by atoms with Gasteiger partial charge in [-0.05, 0) is 24.3 Å². The summed E-state index contributed by atoms with van der Waals surface area (Å²) in [7, 11) is 0. The van der Waals surface area contributed by atoms with E-state index in [2.05, 4.69) is 30.8 Å². The van der Waals surface area contributed by atoms with Crippen molar-refractivity contribution in [1.82, 2.24) is 14.9 Å². The molecule has 128 valence electrons. The summed E-state index contributed by atoms with van der Waals surface area (Å²) >= 11 is 3.43. The molecule has 0 atom stereocenters. The molecular weight excluding hydrogens is 384 g/mol. The summed E-state index contributed by atoms with van der Waals surface area (Å²) in [6, 6.07) is 12.0. The molecule has 0 spiro atoms. The van der Waals surface area contributed by atoms with Crippen molar-refractivity contribution < 1.29 is 4.42 Å². The Morgan fingerprint density at radius 3 is 2.84 bits per heavy atom. The number of nitrogen functional groups attached to an aromatic ring is 1. The fourth-order valence-electron chi connectivity index (χ4n) is 3.09. The van der Waals surface area contributed by atoms with Gasteiger partial charge in [-0.2, -0.15) is 0 Å². The van der Waals surface area contributed by atoms with Crippen LogP contribution in [0.15, 0.2) is 50.1 Å². The Morgan fingerprint density at radius 2 is 2.04 bits per heavy atom. The molecule has 0 saturated carbocycles. The van der Waals surface area contributed by atoms with Gasteiger partial charge in [0.15, 0.2) is 0 Å². The summed E-state index contributed by atoms with van der Waals surface area (Å²) in [5.41, 5.74) is 7.99. The van der Waals surface area contributed by atoms with E-state index in [9.17, 15) is 4.79 Å². The molecule has 6 nitrogen and oxygen atoms in total. The first-order valence-corrected chi connectivity index (χ1v) is 8.82. The molecular formula is C18H17BrN4O2. The van der Waals surface area contributed by atoms with Crippen LogP contribution in [0.25, 0.3) is 11.3 Å². The van der Waals surface area contributed by atoms with Gasteiger partial charge in [0.2, 0.25) is 5.95 Å². The minimum Gasteiger partial charge on any atom is -0.460 e. The molecule has 3 aromatic rings. The van der Waals surface area contributed by atoms with E-state index >= 15 is 0 Å². The summed E-state index contributed by atoms with van der Waals surface area (Å²) in [5, 5.41) is 0. The number of hydrogen-bond acceptors (Lipinski definition) is 5. The second-order valence-corrected chi connectivity index (χ2v) is 7.03. The van der Waals surface area contributed by atoms with Crippen molar-refractivity contribution >= 4 is 21.9 Å². The lowest BCUT2D eigenvalue weighted by atomic mass is 10.1. The van der Waals surface area contributed by atoms with Gasteiger partial charge in [-0.25, -0.2) is 4.98 Å². The number of furan rings is 1. The molecule has 0 amide bonds. The van der Waals surface area contributed by atoms with Crippen LogP contribution in [0.3, 0.4) is 0 Å². The second-order valence-electron chi connectivity index (χ2n) is 6.11. The molecule has 3 N–H and O–H groups in total. The van der Waals surface area contributed by atoms with Crippen molar-refractivity contribution in [2.75, 3.05) is 12.3 Å². The van der Waals surface area contributed by atoms with E-state index in [-0.39, 0.29) is 11.5 Å². The van der Waals surface area contributed by atoms with E-state index < -0.39 is 0 Å². The fraction of sp³-hybridized carbons (Fsp3) is 0.222. The molecule has 0 saturated heterocycles. The van der Waals surface area contributed by atoms with Crippen LogP contribution < -0.4 is 11.3 Å². The zero-order chi connectivity index (χ0) is 17.4. The monoisotopic (exact) mass is 400 g/mol. The van der Waals surface area contributed by atoms with E-state index in [0.717, 1.165) is 33.8 Å². The van der Waals surface area contributed by atoms with Gasteiger partial charge in [0.1, 0.15) is 11.5 Å². The highest BCUT2D eigenvalue weighted by Crippen LogP contribution is 2.25. The number of anilines is 1. The number of H-pyrrole nitrogens is 1. The lowest BCUT2D eigenvalue weighted by Gasteiger charge is -2.26. The first-order chi connectivity index (χ1) is 12.1. The van der Waals surface area contributed by atoms with E-state index in [1.54, 1.807) is 0 Å². The molecule has 2 aromatic heterocycles. The predicted octanol–water partition coefficient (Wildman–Crippen LogP) is 2.93. The molecule has 1 aliphatic heterocycles. The zero-order valence-corrected chi connectivity index (χ0v) is 15.0. The van der Waals surface area contributed by atoms with E-state index in [1.807, 2.05) is 36.4 Å². The van der Waals surface area contributed by atoms with Crippen LogP contribution in [0.1, 0.15) is 17.0 Å². The maximum Gasteiger partial charge on any atom is 0.257 e. The number of aromatic nitrogens is 2. The Kier molecular flexibility index (Phi) is 4.19. The van der Waals surface area contributed by atoms with E-state index in [0.29, 0.717) is 25.1 Å². The third kappa shape index (κ3) is 3.38. The normalized spacial score (nSPS) is 14.4. The van der Waals surface area contributed by atoms with Crippen LogP contribution >= 0.6 is 15.9 Å². The molecule has 0 bridgehead atoms. The van der Waals surface area contributed by atoms with E-state index in [4.69, 9.17) is 10.2 Å². The standard InChI is InChI=1S/C18H17BrN4O2/c19-12-3-1-11(2-4-12)16-6-5-13(25-16)9-23-8-7-15-14(10-23)17(24)22-18(20)21-15/h1-6H,7-10H2,(H3,20,21,22,24). The number of benzene rings is 1. The van der Waals surface area contributed by atoms with Crippen LogP contribution in [0.4, 0.5) is 5.95 Å². The quantitative estimate of drug-likeness (QED) is 0.705. The number of nitrogens with one attached hydrogen (secondary N) is 1. The minimum atomic E-state index is -0.151. The fourth-order valence-corrected chi connectivity index (χ4v) is 3.35.